The Morgan fingerprint density at radius 3 is 2.23 bits per heavy atom. The molecule has 5 atom stereocenters. The van der Waals surface area contributed by atoms with Crippen LogP contribution in [0, 0.1) is 23.7 Å². The number of hydrogen-bond donors (Lipinski definition) is 1. The molecule has 0 aromatic rings. The summed E-state index contributed by atoms with van der Waals surface area (Å²) in [6, 6.07) is 1.67. The SMILES string of the molecule is CC1CC1C(C)NC1CC2CC2C1. The Balaban J connectivity index is 1.47. The Labute approximate surface area is 81.3 Å². The highest BCUT2D eigenvalue weighted by Crippen LogP contribution is 2.52. The standard InChI is InChI=1S/C12H21N/c1-7-3-12(7)8(2)13-11-5-9-4-10(9)6-11/h7-13H,3-6H2,1-2H3. The molecular weight excluding hydrogens is 158 g/mol. The summed E-state index contributed by atoms with van der Waals surface area (Å²) in [6.45, 7) is 4.77. The van der Waals surface area contributed by atoms with Gasteiger partial charge in [0.25, 0.3) is 0 Å². The van der Waals surface area contributed by atoms with Gasteiger partial charge in [-0.25, -0.2) is 0 Å². The van der Waals surface area contributed by atoms with Crippen LogP contribution in [0.3, 0.4) is 0 Å². The summed E-state index contributed by atoms with van der Waals surface area (Å²) in [7, 11) is 0. The summed E-state index contributed by atoms with van der Waals surface area (Å²) in [4.78, 5) is 0. The van der Waals surface area contributed by atoms with Crippen LogP contribution in [0.25, 0.3) is 0 Å². The van der Waals surface area contributed by atoms with E-state index in [0.717, 1.165) is 35.8 Å². The lowest BCUT2D eigenvalue weighted by Gasteiger charge is -2.20. The van der Waals surface area contributed by atoms with Crippen molar-refractivity contribution in [1.29, 1.82) is 0 Å². The fourth-order valence-corrected chi connectivity index (χ4v) is 3.39. The summed E-state index contributed by atoms with van der Waals surface area (Å²) in [5, 5.41) is 3.83. The maximum Gasteiger partial charge on any atom is 0.00751 e. The molecule has 74 valence electrons. The van der Waals surface area contributed by atoms with E-state index in [1.807, 2.05) is 0 Å². The minimum absolute atomic E-state index is 0.789. The van der Waals surface area contributed by atoms with E-state index in [4.69, 9.17) is 0 Å². The average Bonchev–Trinajstić information content (AvgIpc) is 2.94. The predicted molar refractivity (Wildman–Crippen MR) is 54.5 cm³/mol. The van der Waals surface area contributed by atoms with E-state index in [1.165, 1.54) is 19.3 Å². The van der Waals surface area contributed by atoms with Crippen LogP contribution in [0.2, 0.25) is 0 Å². The topological polar surface area (TPSA) is 12.0 Å². The molecule has 3 rings (SSSR count). The molecule has 13 heavy (non-hydrogen) atoms. The normalized spacial score (nSPS) is 54.5. The van der Waals surface area contributed by atoms with Crippen molar-refractivity contribution in [3.63, 3.8) is 0 Å². The van der Waals surface area contributed by atoms with Gasteiger partial charge in [0.1, 0.15) is 0 Å². The van der Waals surface area contributed by atoms with Crippen molar-refractivity contribution >= 4 is 0 Å². The Morgan fingerprint density at radius 2 is 1.69 bits per heavy atom. The lowest BCUT2D eigenvalue weighted by Crippen LogP contribution is -2.37. The minimum atomic E-state index is 0.789. The fraction of sp³-hybridized carbons (Fsp3) is 1.00. The van der Waals surface area contributed by atoms with Gasteiger partial charge in [-0.2, -0.15) is 0 Å². The molecule has 0 aromatic heterocycles. The Morgan fingerprint density at radius 1 is 1.08 bits per heavy atom. The highest BCUT2D eigenvalue weighted by Gasteiger charge is 2.47. The molecule has 0 radical (unpaired) electrons. The minimum Gasteiger partial charge on any atom is -0.311 e. The van der Waals surface area contributed by atoms with Crippen LogP contribution in [-0.2, 0) is 0 Å². The molecule has 0 bridgehead atoms. The number of hydrogen-bond acceptors (Lipinski definition) is 1. The van der Waals surface area contributed by atoms with Gasteiger partial charge >= 0.3 is 0 Å². The molecular formula is C12H21N. The number of nitrogens with one attached hydrogen (secondary N) is 1. The fourth-order valence-electron chi connectivity index (χ4n) is 3.39. The summed E-state index contributed by atoms with van der Waals surface area (Å²) in [5.41, 5.74) is 0. The van der Waals surface area contributed by atoms with E-state index in [-0.39, 0.29) is 0 Å². The third-order valence-electron chi connectivity index (χ3n) is 4.56. The summed E-state index contributed by atoms with van der Waals surface area (Å²) in [5.74, 6) is 4.25. The van der Waals surface area contributed by atoms with E-state index in [1.54, 1.807) is 6.42 Å². The molecule has 0 aliphatic heterocycles. The van der Waals surface area contributed by atoms with Crippen LogP contribution in [0.15, 0.2) is 0 Å². The third kappa shape index (κ3) is 1.52. The molecule has 0 amide bonds. The average molecular weight is 179 g/mol. The maximum atomic E-state index is 3.83. The Kier molecular flexibility index (Phi) is 1.74. The first kappa shape index (κ1) is 8.28. The molecule has 1 N–H and O–H groups in total. The highest BCUT2D eigenvalue weighted by atomic mass is 15.0. The smallest absolute Gasteiger partial charge is 0.00751 e. The van der Waals surface area contributed by atoms with Gasteiger partial charge in [-0.15, -0.1) is 0 Å². The van der Waals surface area contributed by atoms with Crippen LogP contribution in [0.4, 0.5) is 0 Å². The van der Waals surface area contributed by atoms with Crippen molar-refractivity contribution in [2.45, 2.75) is 51.6 Å². The third-order valence-corrected chi connectivity index (χ3v) is 4.56. The molecule has 0 heterocycles. The van der Waals surface area contributed by atoms with Crippen LogP contribution in [0.5, 0.6) is 0 Å². The first-order valence-corrected chi connectivity index (χ1v) is 6.00. The highest BCUT2D eigenvalue weighted by molar-refractivity contribution is 5.01. The van der Waals surface area contributed by atoms with Crippen molar-refractivity contribution in [3.05, 3.63) is 0 Å². The Bertz CT molecular complexity index is 203. The quantitative estimate of drug-likeness (QED) is 0.701. The van der Waals surface area contributed by atoms with Crippen LogP contribution >= 0.6 is 0 Å². The van der Waals surface area contributed by atoms with Crippen molar-refractivity contribution in [2.24, 2.45) is 23.7 Å². The van der Waals surface area contributed by atoms with Crippen LogP contribution in [0.1, 0.15) is 39.5 Å². The molecule has 5 unspecified atom stereocenters. The largest absolute Gasteiger partial charge is 0.311 e. The molecule has 3 fully saturated rings. The zero-order chi connectivity index (χ0) is 9.00. The van der Waals surface area contributed by atoms with Crippen molar-refractivity contribution in [3.8, 4) is 0 Å². The van der Waals surface area contributed by atoms with Gasteiger partial charge in [0.15, 0.2) is 0 Å². The summed E-state index contributed by atoms with van der Waals surface area (Å²) in [6.07, 6.45) is 5.98. The second-order valence-electron chi connectivity index (χ2n) is 5.76. The summed E-state index contributed by atoms with van der Waals surface area (Å²) < 4.78 is 0. The van der Waals surface area contributed by atoms with Gasteiger partial charge in [0.05, 0.1) is 0 Å². The van der Waals surface area contributed by atoms with Gasteiger partial charge in [-0.1, -0.05) is 6.92 Å². The maximum absolute atomic E-state index is 3.83. The lowest BCUT2D eigenvalue weighted by atomic mass is 10.1. The van der Waals surface area contributed by atoms with E-state index in [2.05, 4.69) is 19.2 Å². The lowest BCUT2D eigenvalue weighted by molar-refractivity contribution is 0.388. The Hall–Kier alpha value is -0.0400. The van der Waals surface area contributed by atoms with Gasteiger partial charge in [0, 0.05) is 12.1 Å². The zero-order valence-corrected chi connectivity index (χ0v) is 8.79. The van der Waals surface area contributed by atoms with Crippen molar-refractivity contribution in [1.82, 2.24) is 5.32 Å². The molecule has 3 aliphatic carbocycles. The van der Waals surface area contributed by atoms with Crippen molar-refractivity contribution in [2.75, 3.05) is 0 Å². The first-order valence-electron chi connectivity index (χ1n) is 6.00. The summed E-state index contributed by atoms with van der Waals surface area (Å²) >= 11 is 0. The molecule has 1 nitrogen and oxygen atoms in total. The molecule has 0 spiro atoms. The van der Waals surface area contributed by atoms with E-state index >= 15 is 0 Å². The monoisotopic (exact) mass is 179 g/mol. The second kappa shape index (κ2) is 2.73. The van der Waals surface area contributed by atoms with E-state index in [9.17, 15) is 0 Å². The molecule has 1 heteroatoms. The van der Waals surface area contributed by atoms with Gasteiger partial charge in [-0.3, -0.25) is 0 Å². The molecule has 0 saturated heterocycles. The van der Waals surface area contributed by atoms with Gasteiger partial charge in [-0.05, 0) is 56.3 Å². The van der Waals surface area contributed by atoms with Gasteiger partial charge < -0.3 is 5.32 Å². The predicted octanol–water partition coefficient (Wildman–Crippen LogP) is 2.42. The van der Waals surface area contributed by atoms with E-state index < -0.39 is 0 Å². The number of fused-ring (bicyclic) bond motifs is 1. The van der Waals surface area contributed by atoms with Crippen LogP contribution in [-0.4, -0.2) is 12.1 Å². The first-order chi connectivity index (χ1) is 6.24. The van der Waals surface area contributed by atoms with E-state index in [0.29, 0.717) is 0 Å². The molecule has 3 aliphatic rings. The second-order valence-corrected chi connectivity index (χ2v) is 5.76. The van der Waals surface area contributed by atoms with Crippen molar-refractivity contribution < 1.29 is 0 Å². The van der Waals surface area contributed by atoms with Gasteiger partial charge in [0.2, 0.25) is 0 Å². The molecule has 3 saturated carbocycles. The van der Waals surface area contributed by atoms with Crippen LogP contribution < -0.4 is 5.32 Å². The molecule has 0 aromatic carbocycles. The number of rotatable bonds is 3. The zero-order valence-electron chi connectivity index (χ0n) is 8.79.